The number of amides is 1. The van der Waals surface area contributed by atoms with Crippen LogP contribution in [-0.4, -0.2) is 29.3 Å². The number of benzene rings is 2. The molecule has 8 nitrogen and oxygen atoms in total. The lowest BCUT2D eigenvalue weighted by Gasteiger charge is -2.23. The van der Waals surface area contributed by atoms with E-state index in [1.54, 1.807) is 18.2 Å². The van der Waals surface area contributed by atoms with Gasteiger partial charge in [0.05, 0.1) is 30.2 Å². The fraction of sp³-hybridized carbons (Fsp3) is 0.357. The fourth-order valence-electron chi connectivity index (χ4n) is 4.52. The molecule has 38 heavy (non-hydrogen) atoms. The Morgan fingerprint density at radius 3 is 2.63 bits per heavy atom. The lowest BCUT2D eigenvalue weighted by atomic mass is 9.98. The zero-order chi connectivity index (χ0) is 26.8. The summed E-state index contributed by atoms with van der Waals surface area (Å²) in [5.41, 5.74) is 0.407. The van der Waals surface area contributed by atoms with Crippen molar-refractivity contribution in [2.75, 3.05) is 18.1 Å². The number of halogens is 1. The Balaban J connectivity index is 1.69. The Bertz CT molecular complexity index is 1550. The van der Waals surface area contributed by atoms with Crippen LogP contribution in [0.4, 0.5) is 9.52 Å². The van der Waals surface area contributed by atoms with E-state index in [1.165, 1.54) is 28.4 Å². The van der Waals surface area contributed by atoms with Gasteiger partial charge in [0.2, 0.25) is 10.9 Å². The van der Waals surface area contributed by atoms with E-state index in [2.05, 4.69) is 17.1 Å². The molecule has 1 aliphatic rings. The van der Waals surface area contributed by atoms with Crippen LogP contribution in [0.2, 0.25) is 0 Å². The Morgan fingerprint density at radius 2 is 1.87 bits per heavy atom. The number of fused-ring (bicyclic) bond motifs is 2. The number of aryl methyl sites for hydroxylation is 1. The minimum absolute atomic E-state index is 0.0666. The molecule has 0 aliphatic carbocycles. The van der Waals surface area contributed by atoms with Crippen LogP contribution in [0.1, 0.15) is 72.8 Å². The zero-order valence-electron chi connectivity index (χ0n) is 21.5. The molecule has 5 rings (SSSR count). The maximum Gasteiger partial charge on any atom is 0.297 e. The summed E-state index contributed by atoms with van der Waals surface area (Å²) in [6, 6.07) is 8.17. The number of hydrogen-bond acceptors (Lipinski definition) is 8. The summed E-state index contributed by atoms with van der Waals surface area (Å²) in [4.78, 5) is 28.9. The molecule has 2 aromatic heterocycles. The van der Waals surface area contributed by atoms with Crippen molar-refractivity contribution in [3.8, 4) is 11.5 Å². The van der Waals surface area contributed by atoms with Crippen molar-refractivity contribution in [2.45, 2.75) is 52.5 Å². The number of carbonyl (C=O) groups excluding carboxylic acids is 1. The first-order chi connectivity index (χ1) is 18.5. The molecule has 1 amide bonds. The van der Waals surface area contributed by atoms with Crippen LogP contribution >= 0.6 is 11.3 Å². The minimum atomic E-state index is -0.868. The molecule has 0 radical (unpaired) electrons. The molecule has 2 aromatic carbocycles. The first-order valence-electron chi connectivity index (χ1n) is 12.8. The highest BCUT2D eigenvalue weighted by Gasteiger charge is 2.45. The third-order valence-corrected chi connectivity index (χ3v) is 7.28. The molecule has 3 heterocycles. The fourth-order valence-corrected chi connectivity index (χ4v) is 5.49. The van der Waals surface area contributed by atoms with Gasteiger partial charge in [-0.3, -0.25) is 14.5 Å². The van der Waals surface area contributed by atoms with Gasteiger partial charge >= 0.3 is 0 Å². The molecule has 0 saturated carbocycles. The Hall–Kier alpha value is -3.79. The van der Waals surface area contributed by atoms with Crippen LogP contribution in [-0.2, 0) is 6.42 Å². The van der Waals surface area contributed by atoms with Crippen molar-refractivity contribution in [3.05, 3.63) is 74.3 Å². The van der Waals surface area contributed by atoms with E-state index in [9.17, 15) is 14.0 Å². The van der Waals surface area contributed by atoms with Gasteiger partial charge in [-0.1, -0.05) is 37.7 Å². The first kappa shape index (κ1) is 25.8. The molecule has 0 saturated heterocycles. The van der Waals surface area contributed by atoms with E-state index in [4.69, 9.17) is 13.9 Å². The molecule has 0 N–H and O–H groups in total. The molecule has 0 bridgehead atoms. The van der Waals surface area contributed by atoms with Gasteiger partial charge in [0, 0.05) is 6.42 Å². The summed E-state index contributed by atoms with van der Waals surface area (Å²) in [5, 5.41) is 9.72. The molecular weight excluding hydrogens is 509 g/mol. The molecule has 1 atom stereocenters. The lowest BCUT2D eigenvalue weighted by molar-refractivity contribution is 0.0970. The minimum Gasteiger partial charge on any atom is -0.490 e. The van der Waals surface area contributed by atoms with Crippen molar-refractivity contribution in [3.63, 3.8) is 0 Å². The van der Waals surface area contributed by atoms with E-state index < -0.39 is 23.2 Å². The Kier molecular flexibility index (Phi) is 7.42. The average Bonchev–Trinajstić information content (AvgIpc) is 3.48. The van der Waals surface area contributed by atoms with E-state index >= 15 is 0 Å². The molecular formula is C28H28FN3O5S. The third kappa shape index (κ3) is 4.64. The lowest BCUT2D eigenvalue weighted by Crippen LogP contribution is -2.29. The normalized spacial score (nSPS) is 14.8. The summed E-state index contributed by atoms with van der Waals surface area (Å²) in [5.74, 6) is -0.0830. The third-order valence-electron chi connectivity index (χ3n) is 6.30. The van der Waals surface area contributed by atoms with E-state index in [0.717, 1.165) is 36.8 Å². The molecule has 0 fully saturated rings. The number of hydrogen-bond donors (Lipinski definition) is 0. The molecule has 1 unspecified atom stereocenters. The van der Waals surface area contributed by atoms with Crippen molar-refractivity contribution in [2.24, 2.45) is 0 Å². The maximum atomic E-state index is 14.1. The van der Waals surface area contributed by atoms with E-state index in [-0.39, 0.29) is 22.3 Å². The number of rotatable bonds is 10. The van der Waals surface area contributed by atoms with Crippen molar-refractivity contribution in [1.29, 1.82) is 0 Å². The van der Waals surface area contributed by atoms with E-state index in [0.29, 0.717) is 35.4 Å². The predicted octanol–water partition coefficient (Wildman–Crippen LogP) is 6.06. The number of carbonyl (C=O) groups is 1. The number of ether oxygens (including phenoxy) is 2. The Labute approximate surface area is 223 Å². The number of unbranched alkanes of at least 4 members (excludes halogenated alkanes) is 1. The smallest absolute Gasteiger partial charge is 0.297 e. The second-order valence-electron chi connectivity index (χ2n) is 8.96. The second-order valence-corrected chi connectivity index (χ2v) is 10.0. The number of nitrogens with zero attached hydrogens (tertiary/aromatic N) is 3. The summed E-state index contributed by atoms with van der Waals surface area (Å²) in [7, 11) is 0. The van der Waals surface area contributed by atoms with Crippen LogP contribution < -0.4 is 19.8 Å². The molecule has 1 aliphatic heterocycles. The van der Waals surface area contributed by atoms with Crippen molar-refractivity contribution in [1.82, 2.24) is 10.2 Å². The van der Waals surface area contributed by atoms with Crippen LogP contribution in [0.3, 0.4) is 0 Å². The van der Waals surface area contributed by atoms with Crippen LogP contribution in [0, 0.1) is 5.82 Å². The van der Waals surface area contributed by atoms with Gasteiger partial charge in [0.1, 0.15) is 16.4 Å². The Morgan fingerprint density at radius 1 is 1.03 bits per heavy atom. The van der Waals surface area contributed by atoms with Crippen LogP contribution in [0.25, 0.3) is 11.0 Å². The molecule has 4 aromatic rings. The molecule has 198 valence electrons. The summed E-state index contributed by atoms with van der Waals surface area (Å²) >= 11 is 1.29. The summed E-state index contributed by atoms with van der Waals surface area (Å²) in [6.07, 6.45) is 3.48. The zero-order valence-corrected chi connectivity index (χ0v) is 22.3. The van der Waals surface area contributed by atoms with Gasteiger partial charge in [-0.05, 0) is 55.7 Å². The van der Waals surface area contributed by atoms with Crippen molar-refractivity contribution < 1.29 is 23.1 Å². The van der Waals surface area contributed by atoms with Gasteiger partial charge in [0.25, 0.3) is 5.91 Å². The highest BCUT2D eigenvalue weighted by atomic mass is 32.1. The van der Waals surface area contributed by atoms with Gasteiger partial charge < -0.3 is 13.9 Å². The predicted molar refractivity (Wildman–Crippen MR) is 143 cm³/mol. The van der Waals surface area contributed by atoms with Gasteiger partial charge in [-0.25, -0.2) is 4.39 Å². The quantitative estimate of drug-likeness (QED) is 0.227. The van der Waals surface area contributed by atoms with E-state index in [1.807, 2.05) is 13.8 Å². The maximum absolute atomic E-state index is 14.1. The largest absolute Gasteiger partial charge is 0.490 e. The topological polar surface area (TPSA) is 94.8 Å². The standard InChI is InChI=1S/C28H28FN3O5S/c1-4-7-13-36-20-11-9-16(14-21(20)35-6-3)24-23-25(33)18-15-17(29)10-12-19(18)37-26(23)27(34)32(24)28-31-30-22(38-28)8-5-2/h9-12,14-15,24H,4-8,13H2,1-3H3. The van der Waals surface area contributed by atoms with Crippen LogP contribution in [0.15, 0.2) is 45.6 Å². The van der Waals surface area contributed by atoms with Gasteiger partial charge in [0.15, 0.2) is 16.9 Å². The molecule has 0 spiro atoms. The van der Waals surface area contributed by atoms with Crippen molar-refractivity contribution >= 4 is 33.3 Å². The van der Waals surface area contributed by atoms with Gasteiger partial charge in [-0.2, -0.15) is 0 Å². The average molecular weight is 538 g/mol. The highest BCUT2D eigenvalue weighted by Crippen LogP contribution is 2.44. The monoisotopic (exact) mass is 537 g/mol. The SMILES string of the molecule is CCCCOc1ccc(C2c3c(oc4ccc(F)cc4c3=O)C(=O)N2c2nnc(CCC)s2)cc1OCC. The van der Waals surface area contributed by atoms with Crippen LogP contribution in [0.5, 0.6) is 11.5 Å². The number of anilines is 1. The number of aromatic nitrogens is 2. The molecule has 10 heteroatoms. The first-order valence-corrected chi connectivity index (χ1v) is 13.6. The summed E-state index contributed by atoms with van der Waals surface area (Å²) in [6.45, 7) is 6.93. The van der Waals surface area contributed by atoms with Gasteiger partial charge in [-0.15, -0.1) is 10.2 Å². The second kappa shape index (κ2) is 10.9. The highest BCUT2D eigenvalue weighted by molar-refractivity contribution is 7.15. The summed E-state index contributed by atoms with van der Waals surface area (Å²) < 4.78 is 31.8.